The average Bonchev–Trinajstić information content (AvgIpc) is 2.56. The Labute approximate surface area is 151 Å². The van der Waals surface area contributed by atoms with Crippen molar-refractivity contribution < 1.29 is 33.7 Å². The second-order valence-corrected chi connectivity index (χ2v) is 6.20. The fraction of sp³-hybridized carbons (Fsp3) is 0.471. The molecule has 0 aliphatic rings. The molecular weight excluding hydrogens is 344 g/mol. The van der Waals surface area contributed by atoms with Crippen molar-refractivity contribution in [3.8, 4) is 17.2 Å². The van der Waals surface area contributed by atoms with E-state index in [0.29, 0.717) is 0 Å². The number of carboxylic acids is 1. The highest BCUT2D eigenvalue weighted by Gasteiger charge is 2.24. The van der Waals surface area contributed by atoms with Gasteiger partial charge in [-0.15, -0.1) is 0 Å². The zero-order valence-corrected chi connectivity index (χ0v) is 15.3. The van der Waals surface area contributed by atoms with Crippen molar-refractivity contribution in [1.29, 1.82) is 0 Å². The number of methoxy groups -OCH3 is 2. The number of ether oxygens (including phenoxy) is 3. The highest BCUT2D eigenvalue weighted by Crippen LogP contribution is 2.38. The van der Waals surface area contributed by atoms with Gasteiger partial charge in [-0.05, 0) is 32.4 Å². The van der Waals surface area contributed by atoms with Gasteiger partial charge in [-0.2, -0.15) is 0 Å². The first-order chi connectivity index (χ1) is 12.1. The first-order valence-corrected chi connectivity index (χ1v) is 7.81. The smallest absolute Gasteiger partial charge is 0.303 e. The number of carbonyl (C=O) groups excluding carboxylic acids is 2. The minimum atomic E-state index is -0.938. The van der Waals surface area contributed by atoms with Crippen molar-refractivity contribution in [1.82, 2.24) is 5.32 Å². The van der Waals surface area contributed by atoms with Crippen LogP contribution in [0.15, 0.2) is 12.1 Å². The van der Waals surface area contributed by atoms with Crippen LogP contribution < -0.4 is 25.3 Å². The highest BCUT2D eigenvalue weighted by atomic mass is 16.5. The third kappa shape index (κ3) is 6.15. The van der Waals surface area contributed by atoms with Crippen LogP contribution in [0.1, 0.15) is 37.0 Å². The normalized spacial score (nSPS) is 10.8. The fourth-order valence-corrected chi connectivity index (χ4v) is 2.16. The molecule has 0 saturated heterocycles. The molecule has 1 aromatic carbocycles. The summed E-state index contributed by atoms with van der Waals surface area (Å²) in [5.41, 5.74) is 4.57. The Morgan fingerprint density at radius 3 is 2.12 bits per heavy atom. The number of amides is 2. The van der Waals surface area contributed by atoms with E-state index in [1.165, 1.54) is 26.4 Å². The molecule has 0 heterocycles. The topological polar surface area (TPSA) is 137 Å². The van der Waals surface area contributed by atoms with Crippen LogP contribution in [-0.2, 0) is 9.59 Å². The maximum atomic E-state index is 12.5. The first kappa shape index (κ1) is 21.1. The van der Waals surface area contributed by atoms with Gasteiger partial charge in [-0.25, -0.2) is 0 Å². The molecule has 0 aliphatic heterocycles. The summed E-state index contributed by atoms with van der Waals surface area (Å²) in [5, 5.41) is 11.6. The molecule has 1 rings (SSSR count). The van der Waals surface area contributed by atoms with Crippen molar-refractivity contribution >= 4 is 17.8 Å². The van der Waals surface area contributed by atoms with Crippen LogP contribution in [0.3, 0.4) is 0 Å². The van der Waals surface area contributed by atoms with Crippen molar-refractivity contribution in [2.24, 2.45) is 5.73 Å². The molecule has 0 aromatic heterocycles. The quantitative estimate of drug-likeness (QED) is 0.559. The minimum absolute atomic E-state index is 0.0696. The molecule has 0 saturated carbocycles. The van der Waals surface area contributed by atoms with Crippen LogP contribution in [0.5, 0.6) is 17.2 Å². The molecule has 0 aliphatic carbocycles. The molecule has 144 valence electrons. The van der Waals surface area contributed by atoms with E-state index in [2.05, 4.69) is 5.32 Å². The van der Waals surface area contributed by atoms with E-state index in [9.17, 15) is 14.4 Å². The zero-order valence-electron chi connectivity index (χ0n) is 15.3. The predicted molar refractivity (Wildman–Crippen MR) is 92.7 cm³/mol. The molecular formula is C17H24N2O7. The third-order valence-corrected chi connectivity index (χ3v) is 3.50. The first-order valence-electron chi connectivity index (χ1n) is 7.81. The lowest BCUT2D eigenvalue weighted by molar-refractivity contribution is -0.137. The number of nitrogens with two attached hydrogens (primary N) is 1. The Kier molecular flexibility index (Phi) is 7.24. The van der Waals surface area contributed by atoms with Crippen LogP contribution in [-0.4, -0.2) is 49.3 Å². The Hall–Kier alpha value is -2.97. The second kappa shape index (κ2) is 8.93. The summed E-state index contributed by atoms with van der Waals surface area (Å²) >= 11 is 0. The van der Waals surface area contributed by atoms with Gasteiger partial charge in [-0.1, -0.05) is 0 Å². The monoisotopic (exact) mass is 368 g/mol. The lowest BCUT2D eigenvalue weighted by atomic mass is 9.97. The third-order valence-electron chi connectivity index (χ3n) is 3.50. The maximum absolute atomic E-state index is 12.5. The van der Waals surface area contributed by atoms with E-state index < -0.39 is 23.3 Å². The lowest BCUT2D eigenvalue weighted by Gasteiger charge is -2.26. The minimum Gasteiger partial charge on any atom is -0.493 e. The van der Waals surface area contributed by atoms with Gasteiger partial charge < -0.3 is 30.4 Å². The summed E-state index contributed by atoms with van der Waals surface area (Å²) in [4.78, 5) is 34.2. The summed E-state index contributed by atoms with van der Waals surface area (Å²) in [6, 6.07) is 2.86. The number of primary amides is 1. The number of carbonyl (C=O) groups is 3. The molecule has 9 nitrogen and oxygen atoms in total. The van der Waals surface area contributed by atoms with E-state index in [4.69, 9.17) is 25.1 Å². The largest absolute Gasteiger partial charge is 0.493 e. The van der Waals surface area contributed by atoms with Crippen LogP contribution in [0.25, 0.3) is 0 Å². The maximum Gasteiger partial charge on any atom is 0.303 e. The molecule has 1 aromatic rings. The van der Waals surface area contributed by atoms with Gasteiger partial charge in [0.05, 0.1) is 14.2 Å². The molecule has 4 N–H and O–H groups in total. The average molecular weight is 368 g/mol. The number of rotatable bonds is 10. The number of aliphatic carboxylic acids is 1. The zero-order chi connectivity index (χ0) is 19.9. The van der Waals surface area contributed by atoms with Gasteiger partial charge >= 0.3 is 5.97 Å². The van der Waals surface area contributed by atoms with Crippen LogP contribution in [0.2, 0.25) is 0 Å². The molecule has 0 spiro atoms. The van der Waals surface area contributed by atoms with Gasteiger partial charge in [0.15, 0.2) is 18.1 Å². The Morgan fingerprint density at radius 1 is 1.15 bits per heavy atom. The van der Waals surface area contributed by atoms with Crippen molar-refractivity contribution in [3.05, 3.63) is 17.7 Å². The van der Waals surface area contributed by atoms with E-state index in [1.54, 1.807) is 13.8 Å². The van der Waals surface area contributed by atoms with Crippen molar-refractivity contribution in [3.63, 3.8) is 0 Å². The van der Waals surface area contributed by atoms with E-state index >= 15 is 0 Å². The number of nitrogens with one attached hydrogen (secondary N) is 1. The van der Waals surface area contributed by atoms with Gasteiger partial charge in [0.2, 0.25) is 5.75 Å². The second-order valence-electron chi connectivity index (χ2n) is 6.20. The number of carboxylic acid groups (broad SMARTS) is 1. The molecule has 0 fully saturated rings. The highest BCUT2D eigenvalue weighted by molar-refractivity contribution is 5.96. The van der Waals surface area contributed by atoms with Crippen molar-refractivity contribution in [2.75, 3.05) is 20.8 Å². The Balaban J connectivity index is 3.07. The van der Waals surface area contributed by atoms with Gasteiger partial charge in [0, 0.05) is 17.5 Å². The summed E-state index contributed by atoms with van der Waals surface area (Å²) < 4.78 is 15.7. The molecule has 26 heavy (non-hydrogen) atoms. The summed E-state index contributed by atoms with van der Waals surface area (Å²) in [6.07, 6.45) is 0.196. The summed E-state index contributed by atoms with van der Waals surface area (Å²) in [7, 11) is 2.76. The Morgan fingerprint density at radius 2 is 1.69 bits per heavy atom. The molecule has 2 amide bonds. The fourth-order valence-electron chi connectivity index (χ4n) is 2.16. The molecule has 9 heteroatoms. The molecule has 0 bridgehead atoms. The Bertz CT molecular complexity index is 661. The standard InChI is InChI=1S/C17H24N2O7/c1-17(2,6-5-14(21)22)19-16(23)10-7-11(24-3)15(12(8-10)25-4)26-9-13(18)20/h7-8H,5-6,9H2,1-4H3,(H2,18,20)(H,19,23)(H,21,22). The van der Waals surface area contributed by atoms with Gasteiger partial charge in [-0.3, -0.25) is 14.4 Å². The van der Waals surface area contributed by atoms with Crippen LogP contribution in [0, 0.1) is 0 Å². The van der Waals surface area contributed by atoms with Gasteiger partial charge in [0.25, 0.3) is 11.8 Å². The SMILES string of the molecule is COc1cc(C(=O)NC(C)(C)CCC(=O)O)cc(OC)c1OCC(N)=O. The summed E-state index contributed by atoms with van der Waals surface area (Å²) in [6.45, 7) is 3.08. The van der Waals surface area contributed by atoms with Crippen LogP contribution in [0.4, 0.5) is 0 Å². The summed E-state index contributed by atoms with van der Waals surface area (Å²) in [5.74, 6) is -1.50. The molecule has 0 atom stereocenters. The predicted octanol–water partition coefficient (Wildman–Crippen LogP) is 0.941. The number of benzene rings is 1. The number of hydrogen-bond acceptors (Lipinski definition) is 6. The molecule has 0 radical (unpaired) electrons. The van der Waals surface area contributed by atoms with Crippen molar-refractivity contribution in [2.45, 2.75) is 32.2 Å². The molecule has 0 unspecified atom stereocenters. The van der Waals surface area contributed by atoms with E-state index in [-0.39, 0.29) is 42.3 Å². The van der Waals surface area contributed by atoms with Crippen LogP contribution >= 0.6 is 0 Å². The van der Waals surface area contributed by atoms with Gasteiger partial charge in [0.1, 0.15) is 0 Å². The lowest BCUT2D eigenvalue weighted by Crippen LogP contribution is -2.43. The van der Waals surface area contributed by atoms with E-state index in [0.717, 1.165) is 0 Å². The number of hydrogen-bond donors (Lipinski definition) is 3. The van der Waals surface area contributed by atoms with E-state index in [1.807, 2.05) is 0 Å².